The van der Waals surface area contributed by atoms with Crippen molar-refractivity contribution >= 4 is 27.4 Å². The topological polar surface area (TPSA) is 32.3 Å². The Morgan fingerprint density at radius 3 is 2.77 bits per heavy atom. The highest BCUT2D eigenvalue weighted by atomic mass is 32.1. The minimum atomic E-state index is 0.605. The summed E-state index contributed by atoms with van der Waals surface area (Å²) in [5, 5.41) is 1.35. The molecule has 1 saturated heterocycles. The van der Waals surface area contributed by atoms with Crippen molar-refractivity contribution in [2.75, 3.05) is 32.1 Å². The predicted molar refractivity (Wildman–Crippen MR) is 93.0 cm³/mol. The van der Waals surface area contributed by atoms with Crippen molar-refractivity contribution in [3.05, 3.63) is 16.8 Å². The van der Waals surface area contributed by atoms with Gasteiger partial charge in [-0.2, -0.15) is 0 Å². The van der Waals surface area contributed by atoms with Crippen LogP contribution in [0.4, 0.5) is 5.82 Å². The summed E-state index contributed by atoms with van der Waals surface area (Å²) in [5.41, 5.74) is 1.54. The van der Waals surface area contributed by atoms with Gasteiger partial charge in [0.1, 0.15) is 17.0 Å². The van der Waals surface area contributed by atoms with Crippen LogP contribution in [-0.2, 0) is 12.8 Å². The molecular formula is C17H24N4S. The number of fused-ring (bicyclic) bond motifs is 3. The van der Waals surface area contributed by atoms with Gasteiger partial charge in [0.05, 0.1) is 5.39 Å². The van der Waals surface area contributed by atoms with Crippen LogP contribution in [-0.4, -0.2) is 48.1 Å². The lowest BCUT2D eigenvalue weighted by Crippen LogP contribution is -2.42. The number of thiophene rings is 1. The Balaban J connectivity index is 1.73. The van der Waals surface area contributed by atoms with Crippen LogP contribution < -0.4 is 4.90 Å². The van der Waals surface area contributed by atoms with Crippen molar-refractivity contribution in [2.45, 2.75) is 44.6 Å². The van der Waals surface area contributed by atoms with Crippen molar-refractivity contribution in [2.24, 2.45) is 0 Å². The molecule has 1 aliphatic carbocycles. The van der Waals surface area contributed by atoms with E-state index >= 15 is 0 Å². The fourth-order valence-electron chi connectivity index (χ4n) is 3.90. The second-order valence-corrected chi connectivity index (χ2v) is 7.82. The van der Waals surface area contributed by atoms with Crippen LogP contribution in [0.5, 0.6) is 0 Å². The zero-order valence-electron chi connectivity index (χ0n) is 13.5. The second-order valence-electron chi connectivity index (χ2n) is 6.73. The number of piperidine rings is 1. The minimum absolute atomic E-state index is 0.605. The van der Waals surface area contributed by atoms with Gasteiger partial charge in [-0.25, -0.2) is 9.97 Å². The van der Waals surface area contributed by atoms with Crippen LogP contribution in [0.2, 0.25) is 0 Å². The zero-order valence-corrected chi connectivity index (χ0v) is 14.3. The van der Waals surface area contributed by atoms with Gasteiger partial charge < -0.3 is 9.80 Å². The fraction of sp³-hybridized carbons (Fsp3) is 0.647. The largest absolute Gasteiger partial charge is 0.356 e. The summed E-state index contributed by atoms with van der Waals surface area (Å²) >= 11 is 1.89. The average Bonchev–Trinajstić information content (AvgIpc) is 2.93. The molecule has 1 aliphatic heterocycles. The van der Waals surface area contributed by atoms with E-state index in [9.17, 15) is 0 Å². The van der Waals surface area contributed by atoms with E-state index in [2.05, 4.69) is 33.9 Å². The summed E-state index contributed by atoms with van der Waals surface area (Å²) in [6.07, 6.45) is 9.28. The van der Waals surface area contributed by atoms with Crippen LogP contribution in [0, 0.1) is 0 Å². The highest BCUT2D eigenvalue weighted by Crippen LogP contribution is 2.39. The molecule has 0 atom stereocenters. The van der Waals surface area contributed by atoms with Crippen LogP contribution in [0.1, 0.15) is 36.1 Å². The molecule has 0 unspecified atom stereocenters. The molecule has 4 rings (SSSR count). The lowest BCUT2D eigenvalue weighted by atomic mass is 9.96. The summed E-state index contributed by atoms with van der Waals surface area (Å²) in [7, 11) is 4.44. The third kappa shape index (κ3) is 2.40. The summed E-state index contributed by atoms with van der Waals surface area (Å²) in [6, 6.07) is 0.605. The molecule has 0 radical (unpaired) electrons. The number of likely N-dealkylation sites (tertiary alicyclic amines) is 1. The maximum atomic E-state index is 4.69. The van der Waals surface area contributed by atoms with E-state index in [1.54, 1.807) is 16.8 Å². The zero-order chi connectivity index (χ0) is 15.1. The fourth-order valence-corrected chi connectivity index (χ4v) is 5.12. The van der Waals surface area contributed by atoms with E-state index in [4.69, 9.17) is 0 Å². The van der Waals surface area contributed by atoms with Crippen LogP contribution in [0.15, 0.2) is 6.33 Å². The van der Waals surface area contributed by atoms with Gasteiger partial charge in [-0.1, -0.05) is 0 Å². The molecule has 0 saturated carbocycles. The molecule has 2 aliphatic rings. The van der Waals surface area contributed by atoms with Crippen molar-refractivity contribution in [3.8, 4) is 0 Å². The maximum Gasteiger partial charge on any atom is 0.141 e. The van der Waals surface area contributed by atoms with E-state index in [1.165, 1.54) is 67.6 Å². The van der Waals surface area contributed by atoms with Gasteiger partial charge >= 0.3 is 0 Å². The third-order valence-corrected chi connectivity index (χ3v) is 6.50. The Kier molecular flexibility index (Phi) is 3.78. The van der Waals surface area contributed by atoms with Crippen molar-refractivity contribution in [3.63, 3.8) is 0 Å². The van der Waals surface area contributed by atoms with Crippen molar-refractivity contribution in [1.29, 1.82) is 0 Å². The number of aromatic nitrogens is 2. The van der Waals surface area contributed by atoms with Crippen LogP contribution in [0.25, 0.3) is 10.2 Å². The second kappa shape index (κ2) is 5.78. The average molecular weight is 316 g/mol. The highest BCUT2D eigenvalue weighted by molar-refractivity contribution is 7.19. The summed E-state index contributed by atoms with van der Waals surface area (Å²) in [5.74, 6) is 1.17. The lowest BCUT2D eigenvalue weighted by molar-refractivity contribution is 0.252. The lowest BCUT2D eigenvalue weighted by Gasteiger charge is -2.36. The molecule has 5 heteroatoms. The van der Waals surface area contributed by atoms with Crippen LogP contribution >= 0.6 is 11.3 Å². The predicted octanol–water partition coefficient (Wildman–Crippen LogP) is 3.10. The third-order valence-electron chi connectivity index (χ3n) is 5.30. The Labute approximate surface area is 136 Å². The molecule has 0 aromatic carbocycles. The summed E-state index contributed by atoms with van der Waals surface area (Å²) in [6.45, 7) is 2.37. The maximum absolute atomic E-state index is 4.69. The number of anilines is 1. The quantitative estimate of drug-likeness (QED) is 0.852. The first kappa shape index (κ1) is 14.4. The highest BCUT2D eigenvalue weighted by Gasteiger charge is 2.26. The van der Waals surface area contributed by atoms with E-state index in [1.807, 2.05) is 11.3 Å². The first-order valence-corrected chi connectivity index (χ1v) is 9.22. The van der Waals surface area contributed by atoms with E-state index < -0.39 is 0 Å². The van der Waals surface area contributed by atoms with Crippen LogP contribution in [0.3, 0.4) is 0 Å². The molecule has 4 nitrogen and oxygen atoms in total. The number of nitrogens with zero attached hydrogens (tertiary/aromatic N) is 4. The van der Waals surface area contributed by atoms with E-state index in [-0.39, 0.29) is 0 Å². The Morgan fingerprint density at radius 2 is 1.95 bits per heavy atom. The molecule has 118 valence electrons. The molecule has 0 N–H and O–H groups in total. The Bertz CT molecular complexity index is 673. The van der Waals surface area contributed by atoms with Gasteiger partial charge in [-0.3, -0.25) is 0 Å². The molecule has 0 spiro atoms. The first-order chi connectivity index (χ1) is 10.7. The van der Waals surface area contributed by atoms with E-state index in [0.717, 1.165) is 0 Å². The smallest absolute Gasteiger partial charge is 0.141 e. The summed E-state index contributed by atoms with van der Waals surface area (Å²) < 4.78 is 0. The minimum Gasteiger partial charge on any atom is -0.356 e. The van der Waals surface area contributed by atoms with Gasteiger partial charge in [0.2, 0.25) is 0 Å². The molecule has 22 heavy (non-hydrogen) atoms. The Morgan fingerprint density at radius 1 is 1.18 bits per heavy atom. The SMILES string of the molecule is CN1CCC(N(C)c2ncnc3sc4c(c23)CCCC4)CC1. The van der Waals surface area contributed by atoms with Crippen molar-refractivity contribution < 1.29 is 0 Å². The number of rotatable bonds is 2. The number of hydrogen-bond donors (Lipinski definition) is 0. The molecule has 2 aromatic rings. The molecule has 3 heterocycles. The monoisotopic (exact) mass is 316 g/mol. The standard InChI is InChI=1S/C17H24N4S/c1-20-9-7-12(8-10-20)21(2)16-15-13-5-3-4-6-14(13)22-17(15)19-11-18-16/h11-12H,3-10H2,1-2H3. The van der Waals surface area contributed by atoms with E-state index in [0.29, 0.717) is 6.04 Å². The Hall–Kier alpha value is -1.20. The molecule has 0 amide bonds. The molecule has 1 fully saturated rings. The van der Waals surface area contributed by atoms with Gasteiger partial charge in [-0.05, 0) is 64.2 Å². The number of hydrogen-bond acceptors (Lipinski definition) is 5. The van der Waals surface area contributed by atoms with Gasteiger partial charge in [0.25, 0.3) is 0 Å². The number of aryl methyl sites for hydroxylation is 2. The van der Waals surface area contributed by atoms with Crippen molar-refractivity contribution in [1.82, 2.24) is 14.9 Å². The van der Waals surface area contributed by atoms with Gasteiger partial charge in [0, 0.05) is 18.0 Å². The van der Waals surface area contributed by atoms with Gasteiger partial charge in [-0.15, -0.1) is 11.3 Å². The molecule has 0 bridgehead atoms. The molecular weight excluding hydrogens is 292 g/mol. The van der Waals surface area contributed by atoms with Gasteiger partial charge in [0.15, 0.2) is 0 Å². The first-order valence-electron chi connectivity index (χ1n) is 8.40. The molecule has 2 aromatic heterocycles. The normalized spacial score (nSPS) is 20.3. The summed E-state index contributed by atoms with van der Waals surface area (Å²) in [4.78, 5) is 16.8.